The fraction of sp³-hybridized carbons (Fsp3) is 1.00. The Balaban J connectivity index is 2.64. The normalized spacial score (nSPS) is 40.6. The highest BCUT2D eigenvalue weighted by Gasteiger charge is 2.39. The smallest absolute Gasteiger partial charge is 0.114 e. The highest BCUT2D eigenvalue weighted by Crippen LogP contribution is 2.19. The fourth-order valence-corrected chi connectivity index (χ4v) is 1.58. The SMILES string of the molecule is COC1C(O)COC(CO)[C@H]1OC. The lowest BCUT2D eigenvalue weighted by Crippen LogP contribution is -2.55. The zero-order valence-corrected chi connectivity index (χ0v) is 7.84. The van der Waals surface area contributed by atoms with Gasteiger partial charge in [-0.05, 0) is 0 Å². The van der Waals surface area contributed by atoms with Crippen LogP contribution in [0.1, 0.15) is 0 Å². The summed E-state index contributed by atoms with van der Waals surface area (Å²) in [7, 11) is 3.00. The summed E-state index contributed by atoms with van der Waals surface area (Å²) < 4.78 is 15.3. The fourth-order valence-electron chi connectivity index (χ4n) is 1.58. The summed E-state index contributed by atoms with van der Waals surface area (Å²) in [5, 5.41) is 18.4. The standard InChI is InChI=1S/C8H16O5/c1-11-7-5(10)4-13-6(3-9)8(7)12-2/h5-10H,3-4H2,1-2H3/t5?,6?,7?,8-/m1/s1. The highest BCUT2D eigenvalue weighted by atomic mass is 16.6. The van der Waals surface area contributed by atoms with Crippen LogP contribution in [0.15, 0.2) is 0 Å². The molecular weight excluding hydrogens is 176 g/mol. The van der Waals surface area contributed by atoms with Gasteiger partial charge >= 0.3 is 0 Å². The van der Waals surface area contributed by atoms with E-state index >= 15 is 0 Å². The first-order chi connectivity index (χ1) is 6.24. The van der Waals surface area contributed by atoms with Gasteiger partial charge in [0.15, 0.2) is 0 Å². The zero-order chi connectivity index (χ0) is 9.84. The Labute approximate surface area is 77.2 Å². The van der Waals surface area contributed by atoms with E-state index in [0.717, 1.165) is 0 Å². The van der Waals surface area contributed by atoms with Gasteiger partial charge in [-0.2, -0.15) is 0 Å². The summed E-state index contributed by atoms with van der Waals surface area (Å²) >= 11 is 0. The molecule has 5 nitrogen and oxygen atoms in total. The molecule has 0 radical (unpaired) electrons. The summed E-state index contributed by atoms with van der Waals surface area (Å²) in [6.45, 7) is 0.0364. The molecule has 4 atom stereocenters. The van der Waals surface area contributed by atoms with Crippen molar-refractivity contribution in [1.29, 1.82) is 0 Å². The van der Waals surface area contributed by atoms with Crippen LogP contribution in [0.2, 0.25) is 0 Å². The van der Waals surface area contributed by atoms with E-state index in [-0.39, 0.29) is 13.2 Å². The lowest BCUT2D eigenvalue weighted by Gasteiger charge is -2.38. The summed E-state index contributed by atoms with van der Waals surface area (Å²) in [5.74, 6) is 0. The molecule has 0 spiro atoms. The number of aliphatic hydroxyl groups is 2. The van der Waals surface area contributed by atoms with Gasteiger partial charge in [0.25, 0.3) is 0 Å². The first-order valence-electron chi connectivity index (χ1n) is 4.20. The molecule has 1 aliphatic heterocycles. The van der Waals surface area contributed by atoms with Crippen LogP contribution in [0.3, 0.4) is 0 Å². The molecule has 1 heterocycles. The van der Waals surface area contributed by atoms with Crippen molar-refractivity contribution in [3.05, 3.63) is 0 Å². The Bertz CT molecular complexity index is 151. The van der Waals surface area contributed by atoms with Crippen LogP contribution in [0, 0.1) is 0 Å². The second-order valence-electron chi connectivity index (χ2n) is 3.02. The molecule has 13 heavy (non-hydrogen) atoms. The number of ether oxygens (including phenoxy) is 3. The average Bonchev–Trinajstić information content (AvgIpc) is 2.17. The van der Waals surface area contributed by atoms with Crippen LogP contribution < -0.4 is 0 Å². The van der Waals surface area contributed by atoms with Gasteiger partial charge in [-0.25, -0.2) is 0 Å². The van der Waals surface area contributed by atoms with Crippen molar-refractivity contribution in [1.82, 2.24) is 0 Å². The number of rotatable bonds is 3. The Morgan fingerprint density at radius 2 is 1.92 bits per heavy atom. The topological polar surface area (TPSA) is 68.2 Å². The number of aliphatic hydroxyl groups excluding tert-OH is 2. The van der Waals surface area contributed by atoms with Crippen LogP contribution in [-0.4, -0.2) is 62.1 Å². The maximum absolute atomic E-state index is 9.47. The molecule has 1 rings (SSSR count). The molecule has 0 aromatic carbocycles. The minimum Gasteiger partial charge on any atom is -0.394 e. The molecule has 1 fully saturated rings. The van der Waals surface area contributed by atoms with Gasteiger partial charge in [-0.1, -0.05) is 0 Å². The largest absolute Gasteiger partial charge is 0.394 e. The van der Waals surface area contributed by atoms with Crippen molar-refractivity contribution in [3.63, 3.8) is 0 Å². The van der Waals surface area contributed by atoms with E-state index in [9.17, 15) is 5.11 Å². The molecular formula is C8H16O5. The van der Waals surface area contributed by atoms with E-state index < -0.39 is 24.4 Å². The van der Waals surface area contributed by atoms with E-state index in [1.54, 1.807) is 0 Å². The average molecular weight is 192 g/mol. The Morgan fingerprint density at radius 3 is 2.38 bits per heavy atom. The maximum atomic E-state index is 9.47. The van der Waals surface area contributed by atoms with Crippen molar-refractivity contribution in [2.75, 3.05) is 27.4 Å². The van der Waals surface area contributed by atoms with Crippen LogP contribution >= 0.6 is 0 Å². The maximum Gasteiger partial charge on any atom is 0.114 e. The zero-order valence-electron chi connectivity index (χ0n) is 7.84. The van der Waals surface area contributed by atoms with Crippen molar-refractivity contribution >= 4 is 0 Å². The molecule has 0 amide bonds. The monoisotopic (exact) mass is 192 g/mol. The van der Waals surface area contributed by atoms with E-state index in [1.807, 2.05) is 0 Å². The quantitative estimate of drug-likeness (QED) is 0.586. The minimum atomic E-state index is -0.697. The van der Waals surface area contributed by atoms with E-state index in [1.165, 1.54) is 14.2 Å². The van der Waals surface area contributed by atoms with Crippen LogP contribution in [-0.2, 0) is 14.2 Å². The molecule has 78 valence electrons. The number of hydrogen-bond acceptors (Lipinski definition) is 5. The van der Waals surface area contributed by atoms with Crippen molar-refractivity contribution in [3.8, 4) is 0 Å². The summed E-state index contributed by atoms with van der Waals surface area (Å²) in [4.78, 5) is 0. The minimum absolute atomic E-state index is 0.134. The summed E-state index contributed by atoms with van der Waals surface area (Å²) in [5.41, 5.74) is 0. The molecule has 0 saturated carbocycles. The molecule has 0 aromatic rings. The van der Waals surface area contributed by atoms with Crippen LogP contribution in [0.25, 0.3) is 0 Å². The van der Waals surface area contributed by atoms with Crippen molar-refractivity contribution in [2.24, 2.45) is 0 Å². The first-order valence-corrected chi connectivity index (χ1v) is 4.20. The van der Waals surface area contributed by atoms with E-state index in [2.05, 4.69) is 0 Å². The van der Waals surface area contributed by atoms with Gasteiger partial charge in [-0.3, -0.25) is 0 Å². The molecule has 1 saturated heterocycles. The molecule has 5 heteroatoms. The predicted octanol–water partition coefficient (Wildman–Crippen LogP) is -1.23. The molecule has 0 aliphatic carbocycles. The Hall–Kier alpha value is -0.200. The van der Waals surface area contributed by atoms with Crippen LogP contribution in [0.4, 0.5) is 0 Å². The number of methoxy groups -OCH3 is 2. The van der Waals surface area contributed by atoms with Gasteiger partial charge in [0, 0.05) is 14.2 Å². The molecule has 0 aromatic heterocycles. The third-order valence-corrected chi connectivity index (χ3v) is 2.27. The third kappa shape index (κ3) is 2.18. The van der Waals surface area contributed by atoms with Crippen LogP contribution in [0.5, 0.6) is 0 Å². The van der Waals surface area contributed by atoms with Gasteiger partial charge < -0.3 is 24.4 Å². The Morgan fingerprint density at radius 1 is 1.31 bits per heavy atom. The predicted molar refractivity (Wildman–Crippen MR) is 44.4 cm³/mol. The van der Waals surface area contributed by atoms with Gasteiger partial charge in [0.1, 0.15) is 24.4 Å². The van der Waals surface area contributed by atoms with E-state index in [0.29, 0.717) is 0 Å². The first kappa shape index (κ1) is 10.9. The molecule has 1 aliphatic rings. The molecule has 2 N–H and O–H groups in total. The van der Waals surface area contributed by atoms with Gasteiger partial charge in [0.2, 0.25) is 0 Å². The highest BCUT2D eigenvalue weighted by molar-refractivity contribution is 4.88. The van der Waals surface area contributed by atoms with Crippen molar-refractivity contribution < 1.29 is 24.4 Å². The second kappa shape index (κ2) is 4.88. The van der Waals surface area contributed by atoms with Gasteiger partial charge in [-0.15, -0.1) is 0 Å². The Kier molecular flexibility index (Phi) is 4.08. The summed E-state index contributed by atoms with van der Waals surface area (Å²) in [6, 6.07) is 0. The third-order valence-electron chi connectivity index (χ3n) is 2.27. The molecule has 3 unspecified atom stereocenters. The summed E-state index contributed by atoms with van der Waals surface area (Å²) in [6.07, 6.45) is -1.97. The second-order valence-corrected chi connectivity index (χ2v) is 3.02. The van der Waals surface area contributed by atoms with E-state index in [4.69, 9.17) is 19.3 Å². The van der Waals surface area contributed by atoms with Gasteiger partial charge in [0.05, 0.1) is 13.2 Å². The lowest BCUT2D eigenvalue weighted by molar-refractivity contribution is -0.211. The molecule has 0 bridgehead atoms. The number of hydrogen-bond donors (Lipinski definition) is 2. The lowest BCUT2D eigenvalue weighted by atomic mass is 10.0. The van der Waals surface area contributed by atoms with Crippen molar-refractivity contribution in [2.45, 2.75) is 24.4 Å².